The summed E-state index contributed by atoms with van der Waals surface area (Å²) in [6.45, 7) is 1.67. The third kappa shape index (κ3) is 3.16. The molecule has 1 aromatic carbocycles. The summed E-state index contributed by atoms with van der Waals surface area (Å²) in [5, 5.41) is 0.445. The molecule has 10 heteroatoms. The summed E-state index contributed by atoms with van der Waals surface area (Å²) >= 11 is 11.8. The highest BCUT2D eigenvalue weighted by Crippen LogP contribution is 2.31. The number of hydrogen-bond acceptors (Lipinski definition) is 5. The minimum atomic E-state index is -3.22. The minimum absolute atomic E-state index is 0.110. The van der Waals surface area contributed by atoms with E-state index in [0.29, 0.717) is 26.2 Å². The zero-order chi connectivity index (χ0) is 17.6. The molecule has 2 amide bonds. The molecular formula is C14H15Cl2N3O4S. The quantitative estimate of drug-likeness (QED) is 0.721. The van der Waals surface area contributed by atoms with Crippen LogP contribution in [-0.2, 0) is 10.0 Å². The molecule has 0 atom stereocenters. The van der Waals surface area contributed by atoms with Gasteiger partial charge >= 0.3 is 0 Å². The number of nitrogens with zero attached hydrogens (tertiary/aromatic N) is 3. The number of amides is 2. The number of sulfonamides is 1. The summed E-state index contributed by atoms with van der Waals surface area (Å²) < 4.78 is 24.4. The molecule has 0 radical (unpaired) electrons. The Morgan fingerprint density at radius 3 is 1.83 bits per heavy atom. The fourth-order valence-corrected chi connectivity index (χ4v) is 3.97. The van der Waals surface area contributed by atoms with Crippen molar-refractivity contribution >= 4 is 45.0 Å². The van der Waals surface area contributed by atoms with E-state index in [-0.39, 0.29) is 27.8 Å². The van der Waals surface area contributed by atoms with E-state index in [9.17, 15) is 18.0 Å². The van der Waals surface area contributed by atoms with Gasteiger partial charge < -0.3 is 0 Å². The van der Waals surface area contributed by atoms with Crippen LogP contribution in [0.25, 0.3) is 0 Å². The molecule has 2 aliphatic rings. The molecule has 130 valence electrons. The average molecular weight is 392 g/mol. The smallest absolute Gasteiger partial charge is 0.262 e. The summed E-state index contributed by atoms with van der Waals surface area (Å²) in [5.41, 5.74) is 0.480. The van der Waals surface area contributed by atoms with Crippen LogP contribution >= 0.6 is 23.2 Å². The van der Waals surface area contributed by atoms with Gasteiger partial charge in [-0.2, -0.15) is 4.31 Å². The molecule has 2 heterocycles. The van der Waals surface area contributed by atoms with Gasteiger partial charge in [-0.1, -0.05) is 23.2 Å². The maximum Gasteiger partial charge on any atom is 0.262 e. The van der Waals surface area contributed by atoms with Gasteiger partial charge in [0.15, 0.2) is 0 Å². The summed E-state index contributed by atoms with van der Waals surface area (Å²) in [6, 6.07) is 2.81. The normalized spacial score (nSPS) is 19.9. The lowest BCUT2D eigenvalue weighted by molar-refractivity contribution is 0.0501. The summed E-state index contributed by atoms with van der Waals surface area (Å²) in [6.07, 6.45) is 1.17. The largest absolute Gasteiger partial charge is 0.283 e. The molecule has 0 aliphatic carbocycles. The molecule has 0 saturated carbocycles. The van der Waals surface area contributed by atoms with Crippen molar-refractivity contribution in [1.82, 2.24) is 14.1 Å². The molecule has 3 rings (SSSR count). The van der Waals surface area contributed by atoms with Crippen LogP contribution < -0.4 is 0 Å². The van der Waals surface area contributed by atoms with Crippen LogP contribution in [0, 0.1) is 0 Å². The molecule has 1 saturated heterocycles. The van der Waals surface area contributed by atoms with Gasteiger partial charge in [0.2, 0.25) is 10.0 Å². The second-order valence-corrected chi connectivity index (χ2v) is 8.57. The van der Waals surface area contributed by atoms with E-state index in [1.165, 1.54) is 22.7 Å². The third-order valence-electron chi connectivity index (χ3n) is 4.15. The lowest BCUT2D eigenvalue weighted by Gasteiger charge is -2.34. The molecule has 24 heavy (non-hydrogen) atoms. The summed E-state index contributed by atoms with van der Waals surface area (Å²) in [5.74, 6) is -0.835. The van der Waals surface area contributed by atoms with Gasteiger partial charge in [-0.15, -0.1) is 0 Å². The SMILES string of the molecule is CS(=O)(=O)N1CCN(CN2C(=O)c3cc(Cl)c(Cl)cc3C2=O)CC1. The molecule has 0 unspecified atom stereocenters. The lowest BCUT2D eigenvalue weighted by Crippen LogP contribution is -2.52. The van der Waals surface area contributed by atoms with E-state index >= 15 is 0 Å². The maximum absolute atomic E-state index is 12.4. The molecule has 1 aromatic rings. The van der Waals surface area contributed by atoms with E-state index in [2.05, 4.69) is 0 Å². The summed E-state index contributed by atoms with van der Waals surface area (Å²) in [4.78, 5) is 27.9. The van der Waals surface area contributed by atoms with E-state index in [1.54, 1.807) is 0 Å². The fourth-order valence-electron chi connectivity index (χ4n) is 2.81. The van der Waals surface area contributed by atoms with Crippen LogP contribution in [0.3, 0.4) is 0 Å². The maximum atomic E-state index is 12.4. The Balaban J connectivity index is 1.72. The van der Waals surface area contributed by atoms with Gasteiger partial charge in [-0.25, -0.2) is 8.42 Å². The Kier molecular flexibility index (Phi) is 4.61. The van der Waals surface area contributed by atoms with Crippen molar-refractivity contribution in [3.63, 3.8) is 0 Å². The van der Waals surface area contributed by atoms with Crippen LogP contribution in [0.2, 0.25) is 10.0 Å². The van der Waals surface area contributed by atoms with Gasteiger partial charge in [0.05, 0.1) is 34.1 Å². The van der Waals surface area contributed by atoms with Crippen LogP contribution in [0.5, 0.6) is 0 Å². The molecule has 0 aromatic heterocycles. The predicted octanol–water partition coefficient (Wildman–Crippen LogP) is 1.12. The highest BCUT2D eigenvalue weighted by atomic mass is 35.5. The summed E-state index contributed by atoms with van der Waals surface area (Å²) in [7, 11) is -3.22. The second kappa shape index (κ2) is 6.27. The number of hydrogen-bond donors (Lipinski definition) is 0. The van der Waals surface area contributed by atoms with E-state index in [4.69, 9.17) is 23.2 Å². The van der Waals surface area contributed by atoms with Crippen molar-refractivity contribution in [1.29, 1.82) is 0 Å². The molecule has 7 nitrogen and oxygen atoms in total. The van der Waals surface area contributed by atoms with Crippen molar-refractivity contribution < 1.29 is 18.0 Å². The van der Waals surface area contributed by atoms with Gasteiger partial charge in [0, 0.05) is 26.2 Å². The average Bonchev–Trinajstić information content (AvgIpc) is 2.73. The molecular weight excluding hydrogens is 377 g/mol. The molecule has 0 N–H and O–H groups in total. The highest BCUT2D eigenvalue weighted by Gasteiger charge is 2.38. The monoisotopic (exact) mass is 391 g/mol. The topological polar surface area (TPSA) is 78.0 Å². The number of halogens is 2. The van der Waals surface area contributed by atoms with Gasteiger partial charge in [0.1, 0.15) is 0 Å². The van der Waals surface area contributed by atoms with Crippen molar-refractivity contribution in [3.8, 4) is 0 Å². The fraction of sp³-hybridized carbons (Fsp3) is 0.429. The van der Waals surface area contributed by atoms with Gasteiger partial charge in [-0.3, -0.25) is 19.4 Å². The predicted molar refractivity (Wildman–Crippen MR) is 89.8 cm³/mol. The first-order chi connectivity index (χ1) is 11.2. The van der Waals surface area contributed by atoms with Crippen molar-refractivity contribution in [2.24, 2.45) is 0 Å². The second-order valence-electron chi connectivity index (χ2n) is 5.77. The first-order valence-electron chi connectivity index (χ1n) is 7.21. The van der Waals surface area contributed by atoms with Crippen molar-refractivity contribution in [3.05, 3.63) is 33.3 Å². The lowest BCUT2D eigenvalue weighted by atomic mass is 10.1. The van der Waals surface area contributed by atoms with Gasteiger partial charge in [0.25, 0.3) is 11.8 Å². The van der Waals surface area contributed by atoms with Crippen LogP contribution in [0.4, 0.5) is 0 Å². The minimum Gasteiger partial charge on any atom is -0.283 e. The van der Waals surface area contributed by atoms with E-state index in [1.807, 2.05) is 4.90 Å². The number of carbonyl (C=O) groups is 2. The molecule has 0 bridgehead atoms. The zero-order valence-electron chi connectivity index (χ0n) is 12.8. The Morgan fingerprint density at radius 1 is 0.958 bits per heavy atom. The van der Waals surface area contributed by atoms with Crippen LogP contribution in [-0.4, -0.2) is 73.4 Å². The van der Waals surface area contributed by atoms with Crippen molar-refractivity contribution in [2.75, 3.05) is 39.1 Å². The Hall–Kier alpha value is -1.19. The van der Waals surface area contributed by atoms with E-state index in [0.717, 1.165) is 4.90 Å². The first-order valence-corrected chi connectivity index (χ1v) is 9.81. The molecule has 0 spiro atoms. The first kappa shape index (κ1) is 17.6. The number of benzene rings is 1. The number of rotatable bonds is 3. The number of carbonyl (C=O) groups excluding carboxylic acids is 2. The third-order valence-corrected chi connectivity index (χ3v) is 6.18. The Morgan fingerprint density at radius 2 is 1.42 bits per heavy atom. The molecule has 1 fully saturated rings. The Labute approximate surface area is 149 Å². The number of fused-ring (bicyclic) bond motifs is 1. The highest BCUT2D eigenvalue weighted by molar-refractivity contribution is 7.88. The van der Waals surface area contributed by atoms with Crippen LogP contribution in [0.15, 0.2) is 12.1 Å². The zero-order valence-corrected chi connectivity index (χ0v) is 15.2. The van der Waals surface area contributed by atoms with Crippen LogP contribution in [0.1, 0.15) is 20.7 Å². The van der Waals surface area contributed by atoms with Crippen molar-refractivity contribution in [2.45, 2.75) is 0 Å². The Bertz CT molecular complexity index is 779. The van der Waals surface area contributed by atoms with Gasteiger partial charge in [-0.05, 0) is 12.1 Å². The van der Waals surface area contributed by atoms with E-state index < -0.39 is 21.8 Å². The number of imide groups is 1. The number of piperazine rings is 1. The molecule has 2 aliphatic heterocycles. The standard InChI is InChI=1S/C14H15Cl2N3O4S/c1-24(22,23)18-4-2-17(3-5-18)8-19-13(20)9-6-11(15)12(16)7-10(9)14(19)21/h6-7H,2-5,8H2,1H3.